The first-order valence-corrected chi connectivity index (χ1v) is 7.27. The highest BCUT2D eigenvalue weighted by atomic mass is 16.7. The number of ether oxygens (including phenoxy) is 2. The van der Waals surface area contributed by atoms with E-state index in [1.54, 1.807) is 0 Å². The Labute approximate surface area is 124 Å². The molecule has 0 bridgehead atoms. The number of hydrogen-bond acceptors (Lipinski definition) is 5. The zero-order chi connectivity index (χ0) is 14.7. The molecule has 0 saturated carbocycles. The van der Waals surface area contributed by atoms with Gasteiger partial charge in [0.05, 0.1) is 6.54 Å². The van der Waals surface area contributed by atoms with Gasteiger partial charge in [-0.3, -0.25) is 9.69 Å². The molecule has 2 aliphatic rings. The highest BCUT2D eigenvalue weighted by Crippen LogP contribution is 2.32. The summed E-state index contributed by atoms with van der Waals surface area (Å²) in [4.78, 5) is 16.4. The Morgan fingerprint density at radius 3 is 2.76 bits per heavy atom. The average molecular weight is 291 g/mol. The summed E-state index contributed by atoms with van der Waals surface area (Å²) < 4.78 is 10.6. The van der Waals surface area contributed by atoms with E-state index in [0.717, 1.165) is 43.2 Å². The van der Waals surface area contributed by atoms with Crippen molar-refractivity contribution in [3.05, 3.63) is 23.8 Å². The third-order valence-corrected chi connectivity index (χ3v) is 3.89. The smallest absolute Gasteiger partial charge is 0.234 e. The third-order valence-electron chi connectivity index (χ3n) is 3.89. The lowest BCUT2D eigenvalue weighted by molar-refractivity contribution is -0.122. The fraction of sp³-hybridized carbons (Fsp3) is 0.533. The maximum absolute atomic E-state index is 12.0. The van der Waals surface area contributed by atoms with E-state index < -0.39 is 0 Å². The molecule has 0 spiro atoms. The van der Waals surface area contributed by atoms with Crippen molar-refractivity contribution in [3.63, 3.8) is 0 Å². The molecule has 114 valence electrons. The van der Waals surface area contributed by atoms with E-state index in [1.165, 1.54) is 0 Å². The first kappa shape index (κ1) is 14.2. The lowest BCUT2D eigenvalue weighted by Gasteiger charge is -2.31. The maximum Gasteiger partial charge on any atom is 0.234 e. The molecule has 0 aliphatic carbocycles. The molecular formula is C15H21N3O3. The quantitative estimate of drug-likeness (QED) is 0.863. The summed E-state index contributed by atoms with van der Waals surface area (Å²) in [5.74, 6) is 1.58. The summed E-state index contributed by atoms with van der Waals surface area (Å²) in [6.45, 7) is 5.21. The highest BCUT2D eigenvalue weighted by Gasteiger charge is 2.17. The van der Waals surface area contributed by atoms with Crippen molar-refractivity contribution < 1.29 is 14.3 Å². The molecule has 6 heteroatoms. The van der Waals surface area contributed by atoms with E-state index in [0.29, 0.717) is 13.1 Å². The standard InChI is InChI=1S/C15H21N3O3/c1-17-4-6-18(7-5-17)10-15(19)16-9-12-2-3-13-14(8-12)21-11-20-13/h2-3,8H,4-7,9-11H2,1H3,(H,16,19). The van der Waals surface area contributed by atoms with E-state index in [1.807, 2.05) is 18.2 Å². The zero-order valence-corrected chi connectivity index (χ0v) is 12.3. The van der Waals surface area contributed by atoms with Crippen molar-refractivity contribution in [2.24, 2.45) is 0 Å². The van der Waals surface area contributed by atoms with Crippen molar-refractivity contribution in [1.82, 2.24) is 15.1 Å². The molecule has 1 aromatic carbocycles. The van der Waals surface area contributed by atoms with Gasteiger partial charge >= 0.3 is 0 Å². The predicted octanol–water partition coefficient (Wildman–Crippen LogP) is 0.279. The monoisotopic (exact) mass is 291 g/mol. The molecule has 0 aromatic heterocycles. The van der Waals surface area contributed by atoms with Gasteiger partial charge in [0, 0.05) is 32.7 Å². The molecule has 21 heavy (non-hydrogen) atoms. The van der Waals surface area contributed by atoms with Crippen molar-refractivity contribution in [2.75, 3.05) is 46.6 Å². The predicted molar refractivity (Wildman–Crippen MR) is 78.3 cm³/mol. The van der Waals surface area contributed by atoms with Crippen molar-refractivity contribution in [2.45, 2.75) is 6.54 Å². The summed E-state index contributed by atoms with van der Waals surface area (Å²) in [7, 11) is 2.11. The second-order valence-electron chi connectivity index (χ2n) is 5.54. The van der Waals surface area contributed by atoms with Crippen LogP contribution < -0.4 is 14.8 Å². The van der Waals surface area contributed by atoms with Crippen LogP contribution in [0, 0.1) is 0 Å². The summed E-state index contributed by atoms with van der Waals surface area (Å²) in [6.07, 6.45) is 0. The minimum atomic E-state index is 0.0669. The van der Waals surface area contributed by atoms with Crippen LogP contribution >= 0.6 is 0 Å². The summed E-state index contributed by atoms with van der Waals surface area (Å²) in [6, 6.07) is 5.74. The second kappa shape index (κ2) is 6.32. The molecule has 3 rings (SSSR count). The van der Waals surface area contributed by atoms with E-state index in [2.05, 4.69) is 22.2 Å². The SMILES string of the molecule is CN1CCN(CC(=O)NCc2ccc3c(c2)OCO3)CC1. The second-order valence-corrected chi connectivity index (χ2v) is 5.54. The molecule has 2 aliphatic heterocycles. The number of carbonyl (C=O) groups is 1. The molecule has 6 nitrogen and oxygen atoms in total. The lowest BCUT2D eigenvalue weighted by atomic mass is 10.2. The topological polar surface area (TPSA) is 54.0 Å². The van der Waals surface area contributed by atoms with E-state index in [-0.39, 0.29) is 12.7 Å². The third kappa shape index (κ3) is 3.65. The van der Waals surface area contributed by atoms with Gasteiger partial charge in [0.2, 0.25) is 12.7 Å². The number of amides is 1. The van der Waals surface area contributed by atoms with Gasteiger partial charge in [0.1, 0.15) is 0 Å². The van der Waals surface area contributed by atoms with Crippen LogP contribution in [0.15, 0.2) is 18.2 Å². The molecular weight excluding hydrogens is 270 g/mol. The fourth-order valence-electron chi connectivity index (χ4n) is 2.52. The summed E-state index contributed by atoms with van der Waals surface area (Å²) in [5.41, 5.74) is 1.02. The van der Waals surface area contributed by atoms with Crippen molar-refractivity contribution >= 4 is 5.91 Å². The number of rotatable bonds is 4. The van der Waals surface area contributed by atoms with Crippen LogP contribution in [0.3, 0.4) is 0 Å². The molecule has 1 aromatic rings. The van der Waals surface area contributed by atoms with Crippen LogP contribution in [-0.2, 0) is 11.3 Å². The minimum absolute atomic E-state index is 0.0669. The van der Waals surface area contributed by atoms with Gasteiger partial charge in [-0.15, -0.1) is 0 Å². The molecule has 1 saturated heterocycles. The van der Waals surface area contributed by atoms with Gasteiger partial charge < -0.3 is 19.7 Å². The van der Waals surface area contributed by atoms with Gasteiger partial charge in [-0.05, 0) is 24.7 Å². The van der Waals surface area contributed by atoms with Gasteiger partial charge in [-0.25, -0.2) is 0 Å². The summed E-state index contributed by atoms with van der Waals surface area (Å²) >= 11 is 0. The Hall–Kier alpha value is -1.79. The Bertz CT molecular complexity index is 513. The van der Waals surface area contributed by atoms with E-state index in [4.69, 9.17) is 9.47 Å². The Morgan fingerprint density at radius 1 is 1.19 bits per heavy atom. The molecule has 1 amide bonds. The van der Waals surface area contributed by atoms with Crippen LogP contribution in [0.25, 0.3) is 0 Å². The number of hydrogen-bond donors (Lipinski definition) is 1. The number of benzene rings is 1. The van der Waals surface area contributed by atoms with E-state index >= 15 is 0 Å². The van der Waals surface area contributed by atoms with Crippen LogP contribution in [0.1, 0.15) is 5.56 Å². The molecule has 0 unspecified atom stereocenters. The largest absolute Gasteiger partial charge is 0.454 e. The van der Waals surface area contributed by atoms with Gasteiger partial charge in [-0.1, -0.05) is 6.07 Å². The van der Waals surface area contributed by atoms with Crippen molar-refractivity contribution in [1.29, 1.82) is 0 Å². The first-order valence-electron chi connectivity index (χ1n) is 7.27. The van der Waals surface area contributed by atoms with Crippen molar-refractivity contribution in [3.8, 4) is 11.5 Å². The zero-order valence-electron chi connectivity index (χ0n) is 12.3. The van der Waals surface area contributed by atoms with E-state index in [9.17, 15) is 4.79 Å². The normalized spacial score (nSPS) is 18.7. The van der Waals surface area contributed by atoms with Crippen LogP contribution in [0.2, 0.25) is 0 Å². The number of fused-ring (bicyclic) bond motifs is 1. The molecule has 1 fully saturated rings. The number of nitrogens with zero attached hydrogens (tertiary/aromatic N) is 2. The number of piperazine rings is 1. The molecule has 2 heterocycles. The summed E-state index contributed by atoms with van der Waals surface area (Å²) in [5, 5.41) is 2.96. The Balaban J connectivity index is 1.45. The highest BCUT2D eigenvalue weighted by molar-refractivity contribution is 5.78. The minimum Gasteiger partial charge on any atom is -0.454 e. The van der Waals surface area contributed by atoms with Gasteiger partial charge in [0.25, 0.3) is 0 Å². The number of carbonyl (C=O) groups excluding carboxylic acids is 1. The van der Waals surface area contributed by atoms with Crippen LogP contribution in [0.5, 0.6) is 11.5 Å². The number of nitrogens with one attached hydrogen (secondary N) is 1. The molecule has 0 radical (unpaired) electrons. The van der Waals surface area contributed by atoms with Gasteiger partial charge in [0.15, 0.2) is 11.5 Å². The lowest BCUT2D eigenvalue weighted by Crippen LogP contribution is -2.48. The Morgan fingerprint density at radius 2 is 1.95 bits per heavy atom. The van der Waals surface area contributed by atoms with Gasteiger partial charge in [-0.2, -0.15) is 0 Å². The molecule has 0 atom stereocenters. The number of likely N-dealkylation sites (N-methyl/N-ethyl adjacent to an activating group) is 1. The first-order chi connectivity index (χ1) is 10.2. The van der Waals surface area contributed by atoms with Crippen LogP contribution in [-0.4, -0.2) is 62.3 Å². The van der Waals surface area contributed by atoms with Crippen LogP contribution in [0.4, 0.5) is 0 Å². The molecule has 1 N–H and O–H groups in total. The fourth-order valence-corrected chi connectivity index (χ4v) is 2.52. The maximum atomic E-state index is 12.0. The average Bonchev–Trinajstić information content (AvgIpc) is 2.95. The Kier molecular flexibility index (Phi) is 4.26.